The van der Waals surface area contributed by atoms with Crippen LogP contribution in [0.4, 0.5) is 0 Å². The van der Waals surface area contributed by atoms with Gasteiger partial charge in [-0.15, -0.1) is 0 Å². The van der Waals surface area contributed by atoms with E-state index in [0.717, 1.165) is 6.42 Å². The van der Waals surface area contributed by atoms with Crippen LogP contribution in [0.1, 0.15) is 11.1 Å². The maximum Gasteiger partial charge on any atom is -0.00130 e. The van der Waals surface area contributed by atoms with Gasteiger partial charge in [-0.1, -0.05) is 109 Å². The lowest BCUT2D eigenvalue weighted by atomic mass is 9.88. The van der Waals surface area contributed by atoms with Crippen molar-refractivity contribution in [3.8, 4) is 33.4 Å². The molecular formula is C33H22. The van der Waals surface area contributed by atoms with Crippen LogP contribution >= 0.6 is 0 Å². The smallest absolute Gasteiger partial charge is 0.00130 e. The number of benzene rings is 6. The highest BCUT2D eigenvalue weighted by Gasteiger charge is 2.25. The highest BCUT2D eigenvalue weighted by molar-refractivity contribution is 6.00. The van der Waals surface area contributed by atoms with E-state index in [2.05, 4.69) is 121 Å². The van der Waals surface area contributed by atoms with Crippen LogP contribution in [0.15, 0.2) is 121 Å². The molecule has 0 saturated heterocycles. The highest BCUT2D eigenvalue weighted by Crippen LogP contribution is 2.48. The Kier molecular flexibility index (Phi) is 4.01. The van der Waals surface area contributed by atoms with Crippen molar-refractivity contribution < 1.29 is 0 Å². The summed E-state index contributed by atoms with van der Waals surface area (Å²) in [5, 5.41) is 5.14. The normalized spacial score (nSPS) is 12.1. The van der Waals surface area contributed by atoms with Gasteiger partial charge in [-0.05, 0) is 84.6 Å². The standard InChI is InChI=1S/C33H22/c1-3-9-24-19-26(17-15-22(24)7-1)30-13-5-11-28-21-29-12-6-14-31(33(29)32(28)30)27-18-16-23-8-2-4-10-25(23)20-27/h1-20H,21H2. The SMILES string of the molecule is c1cc2c(c(-c3ccc4ccccc4c3)c1)-c1c(cccc1-c1ccc3ccccc3c1)C2. The fraction of sp³-hybridized carbons (Fsp3) is 0.0303. The van der Waals surface area contributed by atoms with Crippen LogP contribution in [0.5, 0.6) is 0 Å². The van der Waals surface area contributed by atoms with Gasteiger partial charge in [-0.3, -0.25) is 0 Å². The van der Waals surface area contributed by atoms with Crippen LogP contribution in [0.2, 0.25) is 0 Å². The molecule has 0 heterocycles. The van der Waals surface area contributed by atoms with E-state index >= 15 is 0 Å². The number of hydrogen-bond acceptors (Lipinski definition) is 0. The van der Waals surface area contributed by atoms with E-state index in [9.17, 15) is 0 Å². The molecule has 0 saturated carbocycles. The van der Waals surface area contributed by atoms with Crippen molar-refractivity contribution in [1.29, 1.82) is 0 Å². The number of fused-ring (bicyclic) bond motifs is 5. The fourth-order valence-electron chi connectivity index (χ4n) is 5.49. The van der Waals surface area contributed by atoms with Crippen molar-refractivity contribution in [2.45, 2.75) is 6.42 Å². The first-order valence-corrected chi connectivity index (χ1v) is 11.6. The Bertz CT molecular complexity index is 1560. The van der Waals surface area contributed by atoms with Crippen molar-refractivity contribution in [2.75, 3.05) is 0 Å². The first kappa shape index (κ1) is 18.4. The zero-order chi connectivity index (χ0) is 21.8. The van der Waals surface area contributed by atoms with E-state index in [1.807, 2.05) is 0 Å². The summed E-state index contributed by atoms with van der Waals surface area (Å²) in [6.07, 6.45) is 0.994. The zero-order valence-corrected chi connectivity index (χ0v) is 18.3. The van der Waals surface area contributed by atoms with Gasteiger partial charge in [-0.2, -0.15) is 0 Å². The predicted octanol–water partition coefficient (Wildman–Crippen LogP) is 8.90. The number of rotatable bonds is 2. The Hall–Kier alpha value is -4.16. The molecule has 0 heteroatoms. The van der Waals surface area contributed by atoms with Gasteiger partial charge in [0.2, 0.25) is 0 Å². The molecule has 0 aromatic heterocycles. The van der Waals surface area contributed by atoms with E-state index in [1.54, 1.807) is 0 Å². The molecule has 0 aliphatic heterocycles. The average Bonchev–Trinajstić information content (AvgIpc) is 3.27. The third kappa shape index (κ3) is 2.92. The van der Waals surface area contributed by atoms with Crippen LogP contribution < -0.4 is 0 Å². The van der Waals surface area contributed by atoms with Crippen LogP contribution in [0.3, 0.4) is 0 Å². The largest absolute Gasteiger partial charge is 0.0616 e. The quantitative estimate of drug-likeness (QED) is 0.263. The van der Waals surface area contributed by atoms with Gasteiger partial charge in [0.25, 0.3) is 0 Å². The third-order valence-corrected chi connectivity index (χ3v) is 7.05. The molecule has 0 nitrogen and oxygen atoms in total. The van der Waals surface area contributed by atoms with Crippen LogP contribution in [0.25, 0.3) is 54.9 Å². The summed E-state index contributed by atoms with van der Waals surface area (Å²) >= 11 is 0. The lowest BCUT2D eigenvalue weighted by Crippen LogP contribution is -1.89. The summed E-state index contributed by atoms with van der Waals surface area (Å²) in [6, 6.07) is 44.5. The van der Waals surface area contributed by atoms with Crippen LogP contribution in [0, 0.1) is 0 Å². The van der Waals surface area contributed by atoms with E-state index < -0.39 is 0 Å². The molecule has 0 radical (unpaired) electrons. The minimum absolute atomic E-state index is 0.994. The van der Waals surface area contributed by atoms with Gasteiger partial charge in [0.15, 0.2) is 0 Å². The molecule has 7 rings (SSSR count). The Morgan fingerprint density at radius 2 is 0.818 bits per heavy atom. The first-order chi connectivity index (χ1) is 16.3. The molecule has 1 aliphatic carbocycles. The second-order valence-electron chi connectivity index (χ2n) is 8.98. The molecule has 0 fully saturated rings. The molecule has 6 aromatic carbocycles. The predicted molar refractivity (Wildman–Crippen MR) is 141 cm³/mol. The minimum atomic E-state index is 0.994. The summed E-state index contributed by atoms with van der Waals surface area (Å²) < 4.78 is 0. The first-order valence-electron chi connectivity index (χ1n) is 11.6. The van der Waals surface area contributed by atoms with Gasteiger partial charge in [0.05, 0.1) is 0 Å². The molecule has 0 amide bonds. The molecule has 0 N–H and O–H groups in total. The molecular weight excluding hydrogens is 396 g/mol. The fourth-order valence-corrected chi connectivity index (χ4v) is 5.49. The van der Waals surface area contributed by atoms with Crippen LogP contribution in [-0.2, 0) is 6.42 Å². The second-order valence-corrected chi connectivity index (χ2v) is 8.98. The second kappa shape index (κ2) is 7.18. The summed E-state index contributed by atoms with van der Waals surface area (Å²) in [5.41, 5.74) is 10.8. The molecule has 0 atom stereocenters. The van der Waals surface area contributed by atoms with Gasteiger partial charge in [-0.25, -0.2) is 0 Å². The summed E-state index contributed by atoms with van der Waals surface area (Å²) in [7, 11) is 0. The molecule has 6 aromatic rings. The molecule has 0 bridgehead atoms. The van der Waals surface area contributed by atoms with Gasteiger partial charge < -0.3 is 0 Å². The lowest BCUT2D eigenvalue weighted by molar-refractivity contribution is 1.26. The molecule has 0 unspecified atom stereocenters. The Morgan fingerprint density at radius 3 is 1.30 bits per heavy atom. The molecule has 0 spiro atoms. The third-order valence-electron chi connectivity index (χ3n) is 7.05. The molecule has 1 aliphatic rings. The molecule has 33 heavy (non-hydrogen) atoms. The summed E-state index contributed by atoms with van der Waals surface area (Å²) in [5.74, 6) is 0. The summed E-state index contributed by atoms with van der Waals surface area (Å²) in [4.78, 5) is 0. The van der Waals surface area contributed by atoms with Crippen molar-refractivity contribution in [3.05, 3.63) is 132 Å². The van der Waals surface area contributed by atoms with Crippen molar-refractivity contribution in [1.82, 2.24) is 0 Å². The Labute approximate surface area is 193 Å². The van der Waals surface area contributed by atoms with Gasteiger partial charge >= 0.3 is 0 Å². The Morgan fingerprint density at radius 1 is 0.364 bits per heavy atom. The maximum absolute atomic E-state index is 2.33. The average molecular weight is 419 g/mol. The topological polar surface area (TPSA) is 0 Å². The van der Waals surface area contributed by atoms with E-state index in [1.165, 1.54) is 66.1 Å². The minimum Gasteiger partial charge on any atom is -0.0616 e. The lowest BCUT2D eigenvalue weighted by Gasteiger charge is -2.15. The van der Waals surface area contributed by atoms with Crippen molar-refractivity contribution in [2.24, 2.45) is 0 Å². The summed E-state index contributed by atoms with van der Waals surface area (Å²) in [6.45, 7) is 0. The zero-order valence-electron chi connectivity index (χ0n) is 18.3. The Balaban J connectivity index is 1.47. The van der Waals surface area contributed by atoms with Gasteiger partial charge in [0, 0.05) is 0 Å². The highest BCUT2D eigenvalue weighted by atomic mass is 14.3. The number of hydrogen-bond donors (Lipinski definition) is 0. The van der Waals surface area contributed by atoms with E-state index in [-0.39, 0.29) is 0 Å². The van der Waals surface area contributed by atoms with Gasteiger partial charge in [0.1, 0.15) is 0 Å². The molecule has 154 valence electrons. The van der Waals surface area contributed by atoms with E-state index in [4.69, 9.17) is 0 Å². The van der Waals surface area contributed by atoms with Crippen LogP contribution in [-0.4, -0.2) is 0 Å². The monoisotopic (exact) mass is 418 g/mol. The van der Waals surface area contributed by atoms with Crippen molar-refractivity contribution >= 4 is 21.5 Å². The maximum atomic E-state index is 2.33. The van der Waals surface area contributed by atoms with Crippen molar-refractivity contribution in [3.63, 3.8) is 0 Å². The van der Waals surface area contributed by atoms with E-state index in [0.29, 0.717) is 0 Å².